The fourth-order valence-electron chi connectivity index (χ4n) is 5.44. The lowest BCUT2D eigenvalue weighted by Gasteiger charge is -2.38. The molecule has 4 N–H and O–H groups in total. The van der Waals surface area contributed by atoms with E-state index in [1.165, 1.54) is 0 Å². The van der Waals surface area contributed by atoms with Crippen LogP contribution in [0.4, 0.5) is 5.82 Å². The number of amides is 1. The molecule has 0 aliphatic carbocycles. The molecule has 2 aliphatic heterocycles. The number of piperidine rings is 1. The van der Waals surface area contributed by atoms with Gasteiger partial charge < -0.3 is 20.7 Å². The van der Waals surface area contributed by atoms with Gasteiger partial charge in [-0.25, -0.2) is 15.0 Å². The Kier molecular flexibility index (Phi) is 4.61. The van der Waals surface area contributed by atoms with Crippen LogP contribution >= 0.6 is 0 Å². The zero-order valence-corrected chi connectivity index (χ0v) is 17.9. The van der Waals surface area contributed by atoms with Gasteiger partial charge in [-0.2, -0.15) is 0 Å². The summed E-state index contributed by atoms with van der Waals surface area (Å²) in [6.07, 6.45) is 12.6. The summed E-state index contributed by atoms with van der Waals surface area (Å²) in [6.45, 7) is -0.431. The highest BCUT2D eigenvalue weighted by Crippen LogP contribution is 2.43. The van der Waals surface area contributed by atoms with Crippen LogP contribution in [-0.2, 0) is 4.79 Å². The van der Waals surface area contributed by atoms with Crippen LogP contribution in [0.3, 0.4) is 0 Å². The first kappa shape index (κ1) is 19.9. The van der Waals surface area contributed by atoms with E-state index >= 15 is 0 Å². The first-order valence-electron chi connectivity index (χ1n) is 11.1. The molecule has 4 aromatic heterocycles. The molecular weight excluding hydrogens is 420 g/mol. The van der Waals surface area contributed by atoms with Crippen LogP contribution < -0.4 is 5.73 Å². The van der Waals surface area contributed by atoms with Gasteiger partial charge in [0.05, 0.1) is 17.6 Å². The third-order valence-electron chi connectivity index (χ3n) is 6.91. The number of imidazole rings is 2. The van der Waals surface area contributed by atoms with Crippen molar-refractivity contribution in [2.24, 2.45) is 0 Å². The number of hydrogen-bond donors (Lipinski definition) is 3. The van der Waals surface area contributed by atoms with Crippen LogP contribution in [-0.4, -0.2) is 63.9 Å². The number of nitrogens with zero attached hydrogens (tertiary/aromatic N) is 6. The highest BCUT2D eigenvalue weighted by molar-refractivity contribution is 5.78. The summed E-state index contributed by atoms with van der Waals surface area (Å²) in [5, 5.41) is 9.33. The van der Waals surface area contributed by atoms with E-state index in [0.29, 0.717) is 11.5 Å². The van der Waals surface area contributed by atoms with Gasteiger partial charge in [-0.1, -0.05) is 0 Å². The van der Waals surface area contributed by atoms with Crippen LogP contribution in [0.2, 0.25) is 0 Å². The molecule has 6 rings (SSSR count). The summed E-state index contributed by atoms with van der Waals surface area (Å²) in [7, 11) is 0. The van der Waals surface area contributed by atoms with Gasteiger partial charge in [0.1, 0.15) is 12.3 Å². The molecule has 168 valence electrons. The summed E-state index contributed by atoms with van der Waals surface area (Å²) in [5.41, 5.74) is 10.4. The van der Waals surface area contributed by atoms with Crippen LogP contribution in [0.1, 0.15) is 37.3 Å². The molecule has 2 fully saturated rings. The smallest absolute Gasteiger partial charge is 0.248 e. The van der Waals surface area contributed by atoms with E-state index in [1.807, 2.05) is 27.6 Å². The number of carbonyl (C=O) groups excluding carboxylic acids is 1. The summed E-state index contributed by atoms with van der Waals surface area (Å²) in [5.74, 6) is 1.13. The summed E-state index contributed by atoms with van der Waals surface area (Å²) in [4.78, 5) is 35.1. The monoisotopic (exact) mass is 444 g/mol. The second-order valence-electron chi connectivity index (χ2n) is 8.77. The second kappa shape index (κ2) is 7.66. The molecular formula is C23H24N8O2. The Balaban J connectivity index is 1.33. The number of carbonyl (C=O) groups is 1. The van der Waals surface area contributed by atoms with Crippen molar-refractivity contribution in [3.05, 3.63) is 48.8 Å². The van der Waals surface area contributed by atoms with E-state index in [4.69, 9.17) is 5.73 Å². The number of rotatable bonds is 4. The lowest BCUT2D eigenvalue weighted by molar-refractivity contribution is -0.138. The molecule has 0 unspecified atom stereocenters. The third kappa shape index (κ3) is 3.25. The maximum absolute atomic E-state index is 12.2. The molecule has 0 spiro atoms. The number of aromatic amines is 1. The maximum atomic E-state index is 12.2. The standard InChI is InChI=1S/C23H24N8O2/c24-21-23-28-10-19(13-1-4-17(27-9-13)22-25-5-6-26-22)30(23)11-18(29-21)14-7-15-2-3-16(8-14)31(15)20(33)12-32/h1,4-6,9-11,14-16,32H,2-3,7-8,12H2,(H2,24,29)(H,25,26)/t15-,16-/m1/s1. The molecule has 6 heterocycles. The summed E-state index contributed by atoms with van der Waals surface area (Å²) < 4.78 is 1.98. The molecule has 33 heavy (non-hydrogen) atoms. The van der Waals surface area contributed by atoms with Crippen molar-refractivity contribution in [1.82, 2.24) is 34.2 Å². The molecule has 10 nitrogen and oxygen atoms in total. The average Bonchev–Trinajstić information content (AvgIpc) is 3.57. The molecule has 1 amide bonds. The third-order valence-corrected chi connectivity index (χ3v) is 6.91. The fraction of sp³-hybridized carbons (Fsp3) is 0.348. The fourth-order valence-corrected chi connectivity index (χ4v) is 5.44. The zero-order chi connectivity index (χ0) is 22.5. The highest BCUT2D eigenvalue weighted by atomic mass is 16.3. The summed E-state index contributed by atoms with van der Waals surface area (Å²) >= 11 is 0. The van der Waals surface area contributed by atoms with E-state index in [-0.39, 0.29) is 23.9 Å². The lowest BCUT2D eigenvalue weighted by atomic mass is 9.88. The Morgan fingerprint density at radius 1 is 1.15 bits per heavy atom. The van der Waals surface area contributed by atoms with Gasteiger partial charge in [0.2, 0.25) is 5.91 Å². The molecule has 2 aliphatic rings. The van der Waals surface area contributed by atoms with Crippen LogP contribution in [0.5, 0.6) is 0 Å². The second-order valence-corrected chi connectivity index (χ2v) is 8.77. The van der Waals surface area contributed by atoms with Gasteiger partial charge in [0.15, 0.2) is 17.3 Å². The molecule has 0 saturated carbocycles. The number of pyridine rings is 1. The predicted octanol–water partition coefficient (Wildman–Crippen LogP) is 1.99. The minimum Gasteiger partial charge on any atom is -0.387 e. The Labute approximate surface area is 189 Å². The van der Waals surface area contributed by atoms with Crippen LogP contribution in [0.15, 0.2) is 43.1 Å². The molecule has 10 heteroatoms. The van der Waals surface area contributed by atoms with Crippen LogP contribution in [0.25, 0.3) is 28.4 Å². The quantitative estimate of drug-likeness (QED) is 0.437. The number of aliphatic hydroxyl groups is 1. The van der Waals surface area contributed by atoms with Gasteiger partial charge >= 0.3 is 0 Å². The Morgan fingerprint density at radius 2 is 1.97 bits per heavy atom. The molecule has 2 bridgehead atoms. The zero-order valence-electron chi connectivity index (χ0n) is 17.9. The van der Waals surface area contributed by atoms with Crippen molar-refractivity contribution < 1.29 is 9.90 Å². The number of fused-ring (bicyclic) bond motifs is 3. The largest absolute Gasteiger partial charge is 0.387 e. The maximum Gasteiger partial charge on any atom is 0.248 e. The number of anilines is 1. The molecule has 0 aromatic carbocycles. The van der Waals surface area contributed by atoms with Gasteiger partial charge in [-0.05, 0) is 37.8 Å². The number of aromatic nitrogens is 6. The van der Waals surface area contributed by atoms with E-state index in [0.717, 1.165) is 54.2 Å². The van der Waals surface area contributed by atoms with Crippen molar-refractivity contribution in [2.45, 2.75) is 43.7 Å². The number of nitrogens with two attached hydrogens (primary N) is 1. The molecule has 2 atom stereocenters. The van der Waals surface area contributed by atoms with Crippen molar-refractivity contribution in [3.63, 3.8) is 0 Å². The first-order valence-corrected chi connectivity index (χ1v) is 11.1. The van der Waals surface area contributed by atoms with E-state index in [1.54, 1.807) is 24.8 Å². The number of aliphatic hydroxyl groups excluding tert-OH is 1. The van der Waals surface area contributed by atoms with E-state index in [9.17, 15) is 9.90 Å². The van der Waals surface area contributed by atoms with E-state index in [2.05, 4.69) is 24.9 Å². The Morgan fingerprint density at radius 3 is 2.64 bits per heavy atom. The first-order chi connectivity index (χ1) is 16.1. The van der Waals surface area contributed by atoms with Crippen molar-refractivity contribution in [2.75, 3.05) is 12.3 Å². The number of hydrogen-bond acceptors (Lipinski definition) is 7. The average molecular weight is 444 g/mol. The van der Waals surface area contributed by atoms with Crippen molar-refractivity contribution in [1.29, 1.82) is 0 Å². The minimum atomic E-state index is -0.431. The molecule has 4 aromatic rings. The van der Waals surface area contributed by atoms with Gasteiger partial charge in [-0.15, -0.1) is 0 Å². The summed E-state index contributed by atoms with van der Waals surface area (Å²) in [6, 6.07) is 4.20. The molecule has 0 radical (unpaired) electrons. The SMILES string of the molecule is Nc1nc(C2C[C@H]3CC[C@H](C2)N3C(=O)CO)cn2c(-c3ccc(-c4ncc[nH]4)nc3)cnc12. The van der Waals surface area contributed by atoms with Crippen molar-refractivity contribution >= 4 is 17.4 Å². The topological polar surface area (TPSA) is 138 Å². The van der Waals surface area contributed by atoms with Gasteiger partial charge in [0, 0.05) is 48.4 Å². The van der Waals surface area contributed by atoms with Crippen molar-refractivity contribution in [3.8, 4) is 22.8 Å². The number of H-pyrrole nitrogens is 1. The van der Waals surface area contributed by atoms with Gasteiger partial charge in [-0.3, -0.25) is 14.2 Å². The molecule has 2 saturated heterocycles. The minimum absolute atomic E-state index is 0.146. The normalized spacial score (nSPS) is 22.2. The Hall–Kier alpha value is -3.79. The van der Waals surface area contributed by atoms with Gasteiger partial charge in [0.25, 0.3) is 0 Å². The number of nitrogens with one attached hydrogen (secondary N) is 1. The van der Waals surface area contributed by atoms with E-state index < -0.39 is 6.61 Å². The highest BCUT2D eigenvalue weighted by Gasteiger charge is 2.43. The lowest BCUT2D eigenvalue weighted by Crippen LogP contribution is -2.47. The Bertz CT molecular complexity index is 1300. The predicted molar refractivity (Wildman–Crippen MR) is 121 cm³/mol. The van der Waals surface area contributed by atoms with Crippen LogP contribution in [0, 0.1) is 0 Å². The number of nitrogen functional groups attached to an aromatic ring is 1.